The minimum atomic E-state index is -0.478. The monoisotopic (exact) mass is 397 g/mol. The topological polar surface area (TPSA) is 68.0 Å². The first-order chi connectivity index (χ1) is 11.7. The third-order valence-corrected chi connectivity index (χ3v) is 5.75. The van der Waals surface area contributed by atoms with Crippen LogP contribution in [0.5, 0.6) is 0 Å². The SMILES string of the molecule is CSCCC(N)C(=O)Nc1nc(-c2ccc3c(c2)CCCC3)cs1.Cl. The second-order valence-electron chi connectivity index (χ2n) is 6.11. The Morgan fingerprint density at radius 1 is 1.36 bits per heavy atom. The number of hydrogen-bond acceptors (Lipinski definition) is 5. The second kappa shape index (κ2) is 9.57. The Morgan fingerprint density at radius 2 is 2.12 bits per heavy atom. The smallest absolute Gasteiger partial charge is 0.243 e. The highest BCUT2D eigenvalue weighted by Gasteiger charge is 2.16. The average Bonchev–Trinajstić information content (AvgIpc) is 3.07. The first-order valence-electron chi connectivity index (χ1n) is 8.30. The fourth-order valence-electron chi connectivity index (χ4n) is 2.93. The molecule has 1 aromatic carbocycles. The summed E-state index contributed by atoms with van der Waals surface area (Å²) in [5, 5.41) is 5.45. The van der Waals surface area contributed by atoms with E-state index in [2.05, 4.69) is 28.5 Å². The lowest BCUT2D eigenvalue weighted by Crippen LogP contribution is -2.36. The standard InChI is InChI=1S/C18H23N3OS2.ClH/c1-23-9-8-15(19)17(22)21-18-20-16(11-24-18)14-7-6-12-4-2-3-5-13(12)10-14;/h6-7,10-11,15H,2-5,8-9,19H2,1H3,(H,20,21,22);1H. The zero-order chi connectivity index (χ0) is 16.9. The molecule has 1 aliphatic rings. The Hall–Kier alpha value is -1.08. The third kappa shape index (κ3) is 5.20. The molecule has 0 spiro atoms. The van der Waals surface area contributed by atoms with Gasteiger partial charge in [-0.25, -0.2) is 4.98 Å². The molecule has 1 unspecified atom stereocenters. The van der Waals surface area contributed by atoms with Crippen LogP contribution in [0.25, 0.3) is 11.3 Å². The molecule has 136 valence electrons. The highest BCUT2D eigenvalue weighted by molar-refractivity contribution is 7.98. The number of thioether (sulfide) groups is 1. The number of thiazole rings is 1. The van der Waals surface area contributed by atoms with E-state index >= 15 is 0 Å². The number of nitrogens with two attached hydrogens (primary N) is 1. The van der Waals surface area contributed by atoms with Crippen LogP contribution in [0, 0.1) is 0 Å². The highest BCUT2D eigenvalue weighted by Crippen LogP contribution is 2.29. The summed E-state index contributed by atoms with van der Waals surface area (Å²) in [6.07, 6.45) is 7.58. The zero-order valence-corrected chi connectivity index (χ0v) is 16.7. The molecule has 0 bridgehead atoms. The van der Waals surface area contributed by atoms with Gasteiger partial charge in [0, 0.05) is 10.9 Å². The molecule has 0 saturated heterocycles. The minimum Gasteiger partial charge on any atom is -0.320 e. The molecule has 1 amide bonds. The summed E-state index contributed by atoms with van der Waals surface area (Å²) in [5.74, 6) is 0.725. The first-order valence-corrected chi connectivity index (χ1v) is 10.6. The third-order valence-electron chi connectivity index (χ3n) is 4.35. The maximum Gasteiger partial charge on any atom is 0.243 e. The summed E-state index contributed by atoms with van der Waals surface area (Å²) >= 11 is 3.14. The van der Waals surface area contributed by atoms with Gasteiger partial charge in [0.1, 0.15) is 0 Å². The van der Waals surface area contributed by atoms with Crippen LogP contribution in [-0.2, 0) is 17.6 Å². The van der Waals surface area contributed by atoms with Gasteiger partial charge < -0.3 is 11.1 Å². The van der Waals surface area contributed by atoms with Gasteiger partial charge in [0.2, 0.25) is 5.91 Å². The molecule has 7 heteroatoms. The van der Waals surface area contributed by atoms with E-state index in [9.17, 15) is 4.79 Å². The molecule has 3 N–H and O–H groups in total. The molecule has 0 saturated carbocycles. The van der Waals surface area contributed by atoms with Crippen LogP contribution in [0.15, 0.2) is 23.6 Å². The molecular formula is C18H24ClN3OS2. The van der Waals surface area contributed by atoms with Crippen molar-refractivity contribution in [1.29, 1.82) is 0 Å². The van der Waals surface area contributed by atoms with Crippen molar-refractivity contribution in [3.63, 3.8) is 0 Å². The van der Waals surface area contributed by atoms with E-state index in [-0.39, 0.29) is 18.3 Å². The van der Waals surface area contributed by atoms with Crippen LogP contribution in [-0.4, -0.2) is 28.9 Å². The van der Waals surface area contributed by atoms with Crippen molar-refractivity contribution < 1.29 is 4.79 Å². The summed E-state index contributed by atoms with van der Waals surface area (Å²) in [5.41, 5.74) is 10.8. The van der Waals surface area contributed by atoms with Crippen LogP contribution in [0.2, 0.25) is 0 Å². The fourth-order valence-corrected chi connectivity index (χ4v) is 4.14. The summed E-state index contributed by atoms with van der Waals surface area (Å²) in [6, 6.07) is 6.13. The van der Waals surface area contributed by atoms with Gasteiger partial charge in [-0.1, -0.05) is 12.1 Å². The van der Waals surface area contributed by atoms with Crippen LogP contribution in [0.4, 0.5) is 5.13 Å². The van der Waals surface area contributed by atoms with E-state index in [4.69, 9.17) is 5.73 Å². The number of fused-ring (bicyclic) bond motifs is 1. The molecule has 4 nitrogen and oxygen atoms in total. The van der Waals surface area contributed by atoms with Gasteiger partial charge in [-0.3, -0.25) is 4.79 Å². The molecule has 0 radical (unpaired) electrons. The molecule has 25 heavy (non-hydrogen) atoms. The lowest BCUT2D eigenvalue weighted by atomic mass is 9.90. The van der Waals surface area contributed by atoms with Gasteiger partial charge in [-0.15, -0.1) is 23.7 Å². The number of nitrogens with one attached hydrogen (secondary N) is 1. The van der Waals surface area contributed by atoms with Gasteiger partial charge in [-0.05, 0) is 61.3 Å². The molecule has 1 heterocycles. The van der Waals surface area contributed by atoms with Crippen molar-refractivity contribution in [3.8, 4) is 11.3 Å². The summed E-state index contributed by atoms with van der Waals surface area (Å²) in [4.78, 5) is 16.6. The number of anilines is 1. The maximum atomic E-state index is 12.1. The number of aromatic nitrogens is 1. The normalized spacial score (nSPS) is 14.3. The Labute approximate surface area is 163 Å². The molecule has 1 atom stereocenters. The van der Waals surface area contributed by atoms with Crippen molar-refractivity contribution >= 4 is 46.5 Å². The average molecular weight is 398 g/mol. The van der Waals surface area contributed by atoms with E-state index in [1.54, 1.807) is 11.8 Å². The van der Waals surface area contributed by atoms with Gasteiger partial charge in [0.15, 0.2) is 5.13 Å². The number of halogens is 1. The number of benzene rings is 1. The Morgan fingerprint density at radius 3 is 2.88 bits per heavy atom. The predicted molar refractivity (Wildman–Crippen MR) is 111 cm³/mol. The summed E-state index contributed by atoms with van der Waals surface area (Å²) in [7, 11) is 0. The zero-order valence-electron chi connectivity index (χ0n) is 14.3. The van der Waals surface area contributed by atoms with Crippen molar-refractivity contribution in [1.82, 2.24) is 4.98 Å². The Balaban J connectivity index is 0.00000225. The maximum absolute atomic E-state index is 12.1. The fraction of sp³-hybridized carbons (Fsp3) is 0.444. The second-order valence-corrected chi connectivity index (χ2v) is 7.95. The molecule has 0 fully saturated rings. The number of carbonyl (C=O) groups is 1. The van der Waals surface area contributed by atoms with Crippen LogP contribution in [0.1, 0.15) is 30.4 Å². The van der Waals surface area contributed by atoms with E-state index in [1.807, 2.05) is 11.6 Å². The number of rotatable bonds is 6. The van der Waals surface area contributed by atoms with Crippen molar-refractivity contribution in [2.75, 3.05) is 17.3 Å². The van der Waals surface area contributed by atoms with Crippen LogP contribution < -0.4 is 11.1 Å². The molecule has 0 aliphatic heterocycles. The number of nitrogens with zero attached hydrogens (tertiary/aromatic N) is 1. The largest absolute Gasteiger partial charge is 0.320 e. The summed E-state index contributed by atoms with van der Waals surface area (Å²) < 4.78 is 0. The van der Waals surface area contributed by atoms with Crippen LogP contribution in [0.3, 0.4) is 0 Å². The molecule has 1 aromatic heterocycles. The quantitative estimate of drug-likeness (QED) is 0.768. The van der Waals surface area contributed by atoms with Crippen LogP contribution >= 0.6 is 35.5 Å². The van der Waals surface area contributed by atoms with Crippen molar-refractivity contribution in [3.05, 3.63) is 34.7 Å². The number of aryl methyl sites for hydroxylation is 2. The number of amides is 1. The van der Waals surface area contributed by atoms with Gasteiger partial charge in [0.05, 0.1) is 11.7 Å². The van der Waals surface area contributed by atoms with E-state index in [1.165, 1.54) is 41.7 Å². The van der Waals surface area contributed by atoms with Gasteiger partial charge in [-0.2, -0.15) is 11.8 Å². The van der Waals surface area contributed by atoms with E-state index in [0.29, 0.717) is 11.6 Å². The Bertz CT molecular complexity index is 720. The minimum absolute atomic E-state index is 0. The van der Waals surface area contributed by atoms with E-state index < -0.39 is 6.04 Å². The lowest BCUT2D eigenvalue weighted by Gasteiger charge is -2.16. The molecule has 1 aliphatic carbocycles. The van der Waals surface area contributed by atoms with Crippen molar-refractivity contribution in [2.24, 2.45) is 5.73 Å². The molecule has 2 aromatic rings. The molecular weight excluding hydrogens is 374 g/mol. The predicted octanol–water partition coefficient (Wildman–Crippen LogP) is 4.13. The Kier molecular flexibility index (Phi) is 7.75. The summed E-state index contributed by atoms with van der Waals surface area (Å²) in [6.45, 7) is 0. The van der Waals surface area contributed by atoms with Crippen molar-refractivity contribution in [2.45, 2.75) is 38.1 Å². The first kappa shape index (κ1) is 20.2. The van der Waals surface area contributed by atoms with Gasteiger partial charge >= 0.3 is 0 Å². The van der Waals surface area contributed by atoms with Gasteiger partial charge in [0.25, 0.3) is 0 Å². The molecule has 3 rings (SSSR count). The number of carbonyl (C=O) groups excluding carboxylic acids is 1. The van der Waals surface area contributed by atoms with E-state index in [0.717, 1.165) is 23.4 Å². The lowest BCUT2D eigenvalue weighted by molar-refractivity contribution is -0.117. The number of hydrogen-bond donors (Lipinski definition) is 2. The highest BCUT2D eigenvalue weighted by atomic mass is 35.5.